The summed E-state index contributed by atoms with van der Waals surface area (Å²) in [6, 6.07) is 10.4. The molecule has 2 aliphatic heterocycles. The van der Waals surface area contributed by atoms with Crippen LogP contribution in [-0.2, 0) is 20.6 Å². The van der Waals surface area contributed by atoms with Crippen molar-refractivity contribution in [2.24, 2.45) is 0 Å². The van der Waals surface area contributed by atoms with Crippen LogP contribution in [0.25, 0.3) is 0 Å². The first-order valence-corrected chi connectivity index (χ1v) is 11.4. The van der Waals surface area contributed by atoms with E-state index in [1.54, 1.807) is 12.1 Å². The smallest absolute Gasteiger partial charge is 0.262 e. The molecule has 0 spiro atoms. The summed E-state index contributed by atoms with van der Waals surface area (Å²) in [5.41, 5.74) is 2.58. The molecule has 8 nitrogen and oxygen atoms in total. The van der Waals surface area contributed by atoms with Gasteiger partial charge in [-0.2, -0.15) is 0 Å². The molecule has 0 aliphatic carbocycles. The van der Waals surface area contributed by atoms with E-state index in [1.165, 1.54) is 18.2 Å². The first kappa shape index (κ1) is 20.8. The van der Waals surface area contributed by atoms with Gasteiger partial charge in [-0.25, -0.2) is 8.42 Å². The number of nitrogens with one attached hydrogen (secondary N) is 2. The summed E-state index contributed by atoms with van der Waals surface area (Å²) in [4.78, 5) is 38.9. The number of anilines is 1. The van der Waals surface area contributed by atoms with Crippen LogP contribution in [0.3, 0.4) is 0 Å². The molecular formula is C22H21N3O5S. The predicted molar refractivity (Wildman–Crippen MR) is 115 cm³/mol. The maximum Gasteiger partial charge on any atom is 0.262 e. The van der Waals surface area contributed by atoms with E-state index in [0.29, 0.717) is 24.1 Å². The fraction of sp³-hybridized carbons (Fsp3) is 0.227. The fourth-order valence-corrected chi connectivity index (χ4v) is 4.92. The number of hydrogen-bond acceptors (Lipinski definition) is 5. The third kappa shape index (κ3) is 4.09. The molecule has 0 saturated carbocycles. The molecule has 2 aromatic carbocycles. The number of rotatable bonds is 5. The zero-order valence-electron chi connectivity index (χ0n) is 16.8. The molecule has 2 aliphatic rings. The monoisotopic (exact) mass is 439 g/mol. The van der Waals surface area contributed by atoms with Gasteiger partial charge in [-0.1, -0.05) is 36.4 Å². The van der Waals surface area contributed by atoms with Gasteiger partial charge in [-0.15, -0.1) is 0 Å². The summed E-state index contributed by atoms with van der Waals surface area (Å²) >= 11 is 0. The van der Waals surface area contributed by atoms with Gasteiger partial charge in [0.05, 0.1) is 16.9 Å². The number of nitrogens with zero attached hydrogens (tertiary/aromatic N) is 1. The molecule has 160 valence electrons. The van der Waals surface area contributed by atoms with Gasteiger partial charge < -0.3 is 5.32 Å². The van der Waals surface area contributed by atoms with E-state index in [1.807, 2.05) is 19.1 Å². The largest absolute Gasteiger partial charge is 0.329 e. The van der Waals surface area contributed by atoms with E-state index in [0.717, 1.165) is 10.5 Å². The predicted octanol–water partition coefficient (Wildman–Crippen LogP) is 2.33. The molecule has 0 radical (unpaired) electrons. The Morgan fingerprint density at radius 1 is 1.06 bits per heavy atom. The molecule has 1 fully saturated rings. The maximum atomic E-state index is 12.9. The summed E-state index contributed by atoms with van der Waals surface area (Å²) in [5.74, 6) is -1.87. The Morgan fingerprint density at radius 2 is 1.74 bits per heavy atom. The lowest BCUT2D eigenvalue weighted by Gasteiger charge is -2.29. The van der Waals surface area contributed by atoms with E-state index < -0.39 is 33.8 Å². The summed E-state index contributed by atoms with van der Waals surface area (Å²) in [7, 11) is -3.73. The molecule has 0 bridgehead atoms. The Labute approximate surface area is 180 Å². The molecule has 4 rings (SSSR count). The minimum atomic E-state index is -3.73. The third-order valence-electron chi connectivity index (χ3n) is 5.30. The maximum absolute atomic E-state index is 12.9. The summed E-state index contributed by atoms with van der Waals surface area (Å²) in [5, 5.41) is 2.57. The van der Waals surface area contributed by atoms with Crippen LogP contribution in [0.15, 0.2) is 54.7 Å². The molecule has 2 N–H and O–H groups in total. The van der Waals surface area contributed by atoms with Crippen LogP contribution in [-0.4, -0.2) is 37.1 Å². The lowest BCUT2D eigenvalue weighted by molar-refractivity contribution is -0.125. The topological polar surface area (TPSA) is 113 Å². The molecule has 1 saturated heterocycles. The Kier molecular flexibility index (Phi) is 5.14. The minimum absolute atomic E-state index is 0.0673. The van der Waals surface area contributed by atoms with Crippen molar-refractivity contribution >= 4 is 33.4 Å². The first-order chi connectivity index (χ1) is 14.6. The number of allylic oxidation sites excluding steroid dienone is 1. The summed E-state index contributed by atoms with van der Waals surface area (Å²) in [6.45, 7) is 5.61. The van der Waals surface area contributed by atoms with Crippen molar-refractivity contribution in [3.05, 3.63) is 77.0 Å². The van der Waals surface area contributed by atoms with E-state index in [9.17, 15) is 22.8 Å². The second kappa shape index (κ2) is 7.66. The van der Waals surface area contributed by atoms with Crippen LogP contribution in [0.2, 0.25) is 0 Å². The van der Waals surface area contributed by atoms with Crippen molar-refractivity contribution in [3.63, 3.8) is 0 Å². The van der Waals surface area contributed by atoms with Crippen molar-refractivity contribution in [2.75, 3.05) is 4.72 Å². The third-order valence-corrected chi connectivity index (χ3v) is 6.56. The summed E-state index contributed by atoms with van der Waals surface area (Å²) in [6.07, 6.45) is 0.764. The molecule has 0 aromatic heterocycles. The van der Waals surface area contributed by atoms with E-state index in [2.05, 4.69) is 16.6 Å². The van der Waals surface area contributed by atoms with Crippen molar-refractivity contribution in [3.8, 4) is 0 Å². The summed E-state index contributed by atoms with van der Waals surface area (Å²) < 4.78 is 27.6. The number of hydrogen-bond donors (Lipinski definition) is 2. The minimum Gasteiger partial charge on any atom is -0.329 e. The number of benzene rings is 2. The highest BCUT2D eigenvalue weighted by atomic mass is 32.2. The van der Waals surface area contributed by atoms with Crippen LogP contribution in [0.4, 0.5) is 5.69 Å². The van der Waals surface area contributed by atoms with Crippen molar-refractivity contribution in [1.29, 1.82) is 0 Å². The van der Waals surface area contributed by atoms with Gasteiger partial charge in [0.15, 0.2) is 0 Å². The number of carbonyl (C=O) groups excluding carboxylic acids is 3. The number of carbonyl (C=O) groups is 3. The molecule has 2 heterocycles. The number of aryl methyl sites for hydroxylation is 1. The highest BCUT2D eigenvalue weighted by Crippen LogP contribution is 2.30. The van der Waals surface area contributed by atoms with Gasteiger partial charge >= 0.3 is 0 Å². The molecule has 9 heteroatoms. The van der Waals surface area contributed by atoms with E-state index in [4.69, 9.17) is 0 Å². The van der Waals surface area contributed by atoms with Gasteiger partial charge in [-0.05, 0) is 43.5 Å². The lowest BCUT2D eigenvalue weighted by atomic mass is 10.0. The van der Waals surface area contributed by atoms with Crippen molar-refractivity contribution in [2.45, 2.75) is 31.6 Å². The average molecular weight is 439 g/mol. The van der Waals surface area contributed by atoms with Gasteiger partial charge in [0.25, 0.3) is 11.8 Å². The number of sulfonamides is 1. The normalized spacial score (nSPS) is 18.7. The first-order valence-electron chi connectivity index (χ1n) is 9.71. The quantitative estimate of drug-likeness (QED) is 0.695. The molecule has 2 aromatic rings. The average Bonchev–Trinajstić information content (AvgIpc) is 2.94. The van der Waals surface area contributed by atoms with Gasteiger partial charge in [-0.3, -0.25) is 24.0 Å². The van der Waals surface area contributed by atoms with Crippen molar-refractivity contribution in [1.82, 2.24) is 10.2 Å². The fourth-order valence-electron chi connectivity index (χ4n) is 3.73. The Bertz CT molecular complexity index is 1220. The van der Waals surface area contributed by atoms with Crippen LogP contribution >= 0.6 is 0 Å². The lowest BCUT2D eigenvalue weighted by Crippen LogP contribution is -2.51. The highest BCUT2D eigenvalue weighted by molar-refractivity contribution is 7.91. The number of piperidine rings is 1. The SMILES string of the molecule is C=C1CCC(N2C(=O)c3ccc(NS(=O)(=O)Cc4ccc(C)cc4)cc3C2=O)C(=O)N1. The Balaban J connectivity index is 1.55. The highest BCUT2D eigenvalue weighted by Gasteiger charge is 2.44. The molecule has 3 amide bonds. The molecular weight excluding hydrogens is 418 g/mol. The van der Waals surface area contributed by atoms with Gasteiger partial charge in [0, 0.05) is 11.4 Å². The van der Waals surface area contributed by atoms with Crippen LogP contribution in [0.5, 0.6) is 0 Å². The van der Waals surface area contributed by atoms with Crippen LogP contribution in [0, 0.1) is 6.92 Å². The standard InChI is InChI=1S/C22H21N3O5S/c1-13-3-6-15(7-4-13)12-31(29,30)24-16-8-9-17-18(11-16)22(28)25(21(17)27)19-10-5-14(2)23-20(19)26/h3-4,6-9,11,19,24H,2,5,10,12H2,1H3,(H,23,26). The molecule has 31 heavy (non-hydrogen) atoms. The Hall–Kier alpha value is -3.46. The second-order valence-corrected chi connectivity index (χ2v) is 9.46. The van der Waals surface area contributed by atoms with E-state index in [-0.39, 0.29) is 22.6 Å². The molecule has 1 atom stereocenters. The van der Waals surface area contributed by atoms with Gasteiger partial charge in [0.1, 0.15) is 6.04 Å². The van der Waals surface area contributed by atoms with Crippen LogP contribution < -0.4 is 10.0 Å². The zero-order chi connectivity index (χ0) is 22.3. The zero-order valence-corrected chi connectivity index (χ0v) is 17.7. The van der Waals surface area contributed by atoms with Crippen molar-refractivity contribution < 1.29 is 22.8 Å². The second-order valence-electron chi connectivity index (χ2n) is 7.73. The van der Waals surface area contributed by atoms with E-state index >= 15 is 0 Å². The number of amides is 3. The number of imide groups is 1. The van der Waals surface area contributed by atoms with Gasteiger partial charge in [0.2, 0.25) is 15.9 Å². The van der Waals surface area contributed by atoms with Crippen LogP contribution in [0.1, 0.15) is 44.7 Å². The molecule has 1 unspecified atom stereocenters. The number of fused-ring (bicyclic) bond motifs is 1. The Morgan fingerprint density at radius 3 is 2.42 bits per heavy atom.